The van der Waals surface area contributed by atoms with Crippen molar-refractivity contribution >= 4 is 23.4 Å². The van der Waals surface area contributed by atoms with Crippen molar-refractivity contribution < 1.29 is 4.79 Å². The number of carbonyl (C=O) groups is 1. The average Bonchev–Trinajstić information content (AvgIpc) is 2.81. The Kier molecular flexibility index (Phi) is 5.22. The van der Waals surface area contributed by atoms with Gasteiger partial charge in [-0.2, -0.15) is 0 Å². The van der Waals surface area contributed by atoms with Gasteiger partial charge < -0.3 is 11.2 Å². The van der Waals surface area contributed by atoms with Gasteiger partial charge >= 0.3 is 0 Å². The van der Waals surface area contributed by atoms with Crippen LogP contribution in [0.5, 0.6) is 0 Å². The molecule has 0 aliphatic heterocycles. The van der Waals surface area contributed by atoms with Crippen LogP contribution in [0.2, 0.25) is 0 Å². The number of aromatic nitrogens is 3. The molecule has 7 heteroatoms. The minimum absolute atomic E-state index is 0.0876. The SMILES string of the molecule is Cc1cc(C)c(NC(=O)CSc2nnc(C(C)(C)C)n2N)c(C)c1. The molecule has 2 aromatic rings. The molecule has 3 N–H and O–H groups in total. The van der Waals surface area contributed by atoms with Crippen LogP contribution in [-0.4, -0.2) is 26.5 Å². The van der Waals surface area contributed by atoms with Crippen LogP contribution in [-0.2, 0) is 10.2 Å². The van der Waals surface area contributed by atoms with Gasteiger partial charge in [0.1, 0.15) is 0 Å². The second kappa shape index (κ2) is 6.84. The van der Waals surface area contributed by atoms with E-state index in [1.165, 1.54) is 22.0 Å². The van der Waals surface area contributed by atoms with Crippen LogP contribution in [0.15, 0.2) is 17.3 Å². The second-order valence-corrected chi connectivity index (χ2v) is 7.98. The van der Waals surface area contributed by atoms with Crippen molar-refractivity contribution in [3.8, 4) is 0 Å². The molecule has 1 heterocycles. The number of aryl methyl sites for hydroxylation is 3. The molecule has 0 bridgehead atoms. The Morgan fingerprint density at radius 2 is 1.79 bits per heavy atom. The minimum Gasteiger partial charge on any atom is -0.336 e. The summed E-state index contributed by atoms with van der Waals surface area (Å²) in [6.07, 6.45) is 0. The zero-order valence-corrected chi connectivity index (χ0v) is 15.9. The Labute approximate surface area is 147 Å². The number of rotatable bonds is 4. The molecule has 0 atom stereocenters. The van der Waals surface area contributed by atoms with Crippen LogP contribution in [0.3, 0.4) is 0 Å². The third-order valence-electron chi connectivity index (χ3n) is 3.61. The molecule has 0 aliphatic carbocycles. The minimum atomic E-state index is -0.195. The van der Waals surface area contributed by atoms with E-state index >= 15 is 0 Å². The van der Waals surface area contributed by atoms with Crippen LogP contribution in [0.4, 0.5) is 5.69 Å². The van der Waals surface area contributed by atoms with Gasteiger partial charge in [0.2, 0.25) is 11.1 Å². The molecule has 0 saturated heterocycles. The molecule has 6 nitrogen and oxygen atoms in total. The molecule has 1 aromatic carbocycles. The lowest BCUT2D eigenvalue weighted by molar-refractivity contribution is -0.113. The Balaban J connectivity index is 2.04. The predicted molar refractivity (Wildman–Crippen MR) is 98.9 cm³/mol. The fraction of sp³-hybridized carbons (Fsp3) is 0.471. The van der Waals surface area contributed by atoms with E-state index in [-0.39, 0.29) is 17.1 Å². The van der Waals surface area contributed by atoms with Crippen molar-refractivity contribution in [2.24, 2.45) is 0 Å². The molecule has 0 fully saturated rings. The van der Waals surface area contributed by atoms with Gasteiger partial charge in [0.05, 0.1) is 5.75 Å². The monoisotopic (exact) mass is 347 g/mol. The van der Waals surface area contributed by atoms with E-state index in [0.29, 0.717) is 11.0 Å². The van der Waals surface area contributed by atoms with Crippen LogP contribution in [0.1, 0.15) is 43.3 Å². The number of benzene rings is 1. The van der Waals surface area contributed by atoms with E-state index in [1.807, 2.05) is 41.5 Å². The third kappa shape index (κ3) is 4.08. The van der Waals surface area contributed by atoms with Gasteiger partial charge in [0, 0.05) is 11.1 Å². The van der Waals surface area contributed by atoms with Crippen LogP contribution >= 0.6 is 11.8 Å². The largest absolute Gasteiger partial charge is 0.336 e. The number of nitrogen functional groups attached to an aromatic ring is 1. The van der Waals surface area contributed by atoms with Gasteiger partial charge in [-0.15, -0.1) is 10.2 Å². The maximum Gasteiger partial charge on any atom is 0.234 e. The second-order valence-electron chi connectivity index (χ2n) is 7.04. The number of nitrogens with one attached hydrogen (secondary N) is 1. The first kappa shape index (κ1) is 18.3. The van der Waals surface area contributed by atoms with Crippen molar-refractivity contribution in [3.05, 3.63) is 34.6 Å². The van der Waals surface area contributed by atoms with Gasteiger partial charge in [-0.3, -0.25) is 4.79 Å². The number of thioether (sulfide) groups is 1. The van der Waals surface area contributed by atoms with Gasteiger partial charge in [-0.1, -0.05) is 50.2 Å². The smallest absolute Gasteiger partial charge is 0.234 e. The molecule has 0 aliphatic rings. The molecule has 0 saturated carbocycles. The molecule has 0 spiro atoms. The van der Waals surface area contributed by atoms with Gasteiger partial charge in [-0.25, -0.2) is 4.68 Å². The lowest BCUT2D eigenvalue weighted by atomic mass is 9.96. The lowest BCUT2D eigenvalue weighted by Gasteiger charge is -2.16. The van der Waals surface area contributed by atoms with E-state index in [1.54, 1.807) is 0 Å². The Morgan fingerprint density at radius 1 is 1.21 bits per heavy atom. The van der Waals surface area contributed by atoms with Crippen LogP contribution < -0.4 is 11.2 Å². The van der Waals surface area contributed by atoms with E-state index in [9.17, 15) is 4.79 Å². The fourth-order valence-electron chi connectivity index (χ4n) is 2.57. The molecule has 24 heavy (non-hydrogen) atoms. The zero-order chi connectivity index (χ0) is 18.1. The standard InChI is InChI=1S/C17H25N5OS/c1-10-7-11(2)14(12(3)8-10)19-13(23)9-24-16-21-20-15(22(16)18)17(4,5)6/h7-8H,9,18H2,1-6H3,(H,19,23). The molecule has 0 unspecified atom stereocenters. The summed E-state index contributed by atoms with van der Waals surface area (Å²) < 4.78 is 1.46. The summed E-state index contributed by atoms with van der Waals surface area (Å²) in [5, 5.41) is 11.7. The molecule has 2 rings (SSSR count). The Hall–Kier alpha value is -2.02. The number of anilines is 1. The number of amides is 1. The van der Waals surface area contributed by atoms with Crippen molar-refractivity contribution in [2.75, 3.05) is 16.9 Å². The molecular weight excluding hydrogens is 322 g/mol. The Bertz CT molecular complexity index is 738. The van der Waals surface area contributed by atoms with Crippen molar-refractivity contribution in [3.63, 3.8) is 0 Å². The first-order valence-corrected chi connectivity index (χ1v) is 8.79. The lowest BCUT2D eigenvalue weighted by Crippen LogP contribution is -2.24. The van der Waals surface area contributed by atoms with Crippen molar-refractivity contribution in [1.82, 2.24) is 14.9 Å². The molecule has 0 radical (unpaired) electrons. The van der Waals surface area contributed by atoms with Gasteiger partial charge in [0.25, 0.3) is 0 Å². The van der Waals surface area contributed by atoms with E-state index in [0.717, 1.165) is 16.8 Å². The molecule has 1 aromatic heterocycles. The highest BCUT2D eigenvalue weighted by Crippen LogP contribution is 2.25. The zero-order valence-electron chi connectivity index (χ0n) is 15.1. The predicted octanol–water partition coefficient (Wildman–Crippen LogP) is 2.95. The Morgan fingerprint density at radius 3 is 2.29 bits per heavy atom. The highest BCUT2D eigenvalue weighted by Gasteiger charge is 2.23. The summed E-state index contributed by atoms with van der Waals surface area (Å²) in [6.45, 7) is 12.1. The fourth-order valence-corrected chi connectivity index (χ4v) is 3.23. The first-order chi connectivity index (χ1) is 11.1. The van der Waals surface area contributed by atoms with Crippen LogP contribution in [0, 0.1) is 20.8 Å². The van der Waals surface area contributed by atoms with E-state index < -0.39 is 0 Å². The highest BCUT2D eigenvalue weighted by molar-refractivity contribution is 7.99. The normalized spacial score (nSPS) is 11.6. The topological polar surface area (TPSA) is 85.8 Å². The van der Waals surface area contributed by atoms with E-state index in [2.05, 4.69) is 27.6 Å². The highest BCUT2D eigenvalue weighted by atomic mass is 32.2. The number of nitrogens with zero attached hydrogens (tertiary/aromatic N) is 3. The third-order valence-corrected chi connectivity index (χ3v) is 4.55. The van der Waals surface area contributed by atoms with Gasteiger partial charge in [-0.05, 0) is 31.9 Å². The summed E-state index contributed by atoms with van der Waals surface area (Å²) >= 11 is 1.28. The molecule has 1 amide bonds. The summed E-state index contributed by atoms with van der Waals surface area (Å²) in [5.41, 5.74) is 3.98. The van der Waals surface area contributed by atoms with Crippen molar-refractivity contribution in [1.29, 1.82) is 0 Å². The summed E-state index contributed by atoms with van der Waals surface area (Å²) in [6, 6.07) is 4.11. The average molecular weight is 347 g/mol. The van der Waals surface area contributed by atoms with Gasteiger partial charge in [0.15, 0.2) is 5.82 Å². The number of nitrogens with two attached hydrogens (primary N) is 1. The summed E-state index contributed by atoms with van der Waals surface area (Å²) in [4.78, 5) is 12.3. The molecular formula is C17H25N5OS. The number of carbonyl (C=O) groups excluding carboxylic acids is 1. The van der Waals surface area contributed by atoms with Crippen LogP contribution in [0.25, 0.3) is 0 Å². The first-order valence-electron chi connectivity index (χ1n) is 7.81. The number of hydrogen-bond acceptors (Lipinski definition) is 5. The van der Waals surface area contributed by atoms with E-state index in [4.69, 9.17) is 5.84 Å². The van der Waals surface area contributed by atoms with Crippen molar-refractivity contribution in [2.45, 2.75) is 52.1 Å². The maximum atomic E-state index is 12.3. The molecule has 130 valence electrons. The number of hydrogen-bond donors (Lipinski definition) is 2. The summed E-state index contributed by atoms with van der Waals surface area (Å²) in [5.74, 6) is 6.86. The summed E-state index contributed by atoms with van der Waals surface area (Å²) in [7, 11) is 0. The quantitative estimate of drug-likeness (QED) is 0.656. The maximum absolute atomic E-state index is 12.3.